The molecule has 2 aromatic heterocycles. The van der Waals surface area contributed by atoms with Gasteiger partial charge < -0.3 is 4.57 Å². The van der Waals surface area contributed by atoms with Gasteiger partial charge in [0.2, 0.25) is 0 Å². The first-order valence-corrected chi connectivity index (χ1v) is 8.85. The van der Waals surface area contributed by atoms with Gasteiger partial charge in [-0.2, -0.15) is 0 Å². The topological polar surface area (TPSA) is 52.7 Å². The number of hydrogen-bond acceptors (Lipinski definition) is 4. The third-order valence-electron chi connectivity index (χ3n) is 3.55. The maximum Gasteiger partial charge on any atom is 0.262 e. The van der Waals surface area contributed by atoms with Gasteiger partial charge in [-0.15, -0.1) is 6.58 Å². The lowest BCUT2D eigenvalue weighted by Gasteiger charge is -2.11. The highest BCUT2D eigenvalue weighted by molar-refractivity contribution is 7.98. The SMILES string of the molecule is C=CCn1c(SCc2ncc(Cl)n2C)nc2cc(Cl)ccc2c1=O. The first-order chi connectivity index (χ1) is 11.5. The summed E-state index contributed by atoms with van der Waals surface area (Å²) in [5.74, 6) is 1.34. The summed E-state index contributed by atoms with van der Waals surface area (Å²) in [4.78, 5) is 21.6. The van der Waals surface area contributed by atoms with E-state index in [4.69, 9.17) is 23.2 Å². The minimum Gasteiger partial charge on any atom is -0.322 e. The van der Waals surface area contributed by atoms with Crippen molar-refractivity contribution in [3.8, 4) is 0 Å². The van der Waals surface area contributed by atoms with Gasteiger partial charge in [0, 0.05) is 18.6 Å². The van der Waals surface area contributed by atoms with Crippen LogP contribution in [0.1, 0.15) is 5.82 Å². The second-order valence-electron chi connectivity index (χ2n) is 5.11. The van der Waals surface area contributed by atoms with Gasteiger partial charge in [0.05, 0.1) is 22.9 Å². The summed E-state index contributed by atoms with van der Waals surface area (Å²) in [5, 5.41) is 2.23. The standard InChI is InChI=1S/C16H14Cl2N4OS/c1-3-6-22-15(23)11-5-4-10(17)7-12(11)20-16(22)24-9-14-19-8-13(18)21(14)2/h3-5,7-8H,1,6,9H2,2H3. The molecule has 0 bridgehead atoms. The number of aromatic nitrogens is 4. The molecule has 5 nitrogen and oxygen atoms in total. The Balaban J connectivity index is 2.04. The molecule has 0 spiro atoms. The highest BCUT2D eigenvalue weighted by Gasteiger charge is 2.13. The van der Waals surface area contributed by atoms with Crippen LogP contribution in [0.5, 0.6) is 0 Å². The Morgan fingerprint density at radius 3 is 2.83 bits per heavy atom. The van der Waals surface area contributed by atoms with Gasteiger partial charge in [-0.3, -0.25) is 9.36 Å². The first kappa shape index (κ1) is 17.1. The molecule has 0 aliphatic heterocycles. The normalized spacial score (nSPS) is 11.1. The maximum atomic E-state index is 12.7. The molecule has 0 fully saturated rings. The average Bonchev–Trinajstić information content (AvgIpc) is 2.87. The first-order valence-electron chi connectivity index (χ1n) is 7.11. The Bertz CT molecular complexity index is 980. The zero-order valence-electron chi connectivity index (χ0n) is 12.9. The van der Waals surface area contributed by atoms with E-state index in [1.807, 2.05) is 7.05 Å². The Hall–Kier alpha value is -1.76. The van der Waals surface area contributed by atoms with Crippen LogP contribution in [0.2, 0.25) is 10.2 Å². The van der Waals surface area contributed by atoms with Gasteiger partial charge in [0.1, 0.15) is 11.0 Å². The van der Waals surface area contributed by atoms with Crippen LogP contribution >= 0.6 is 35.0 Å². The number of thioether (sulfide) groups is 1. The summed E-state index contributed by atoms with van der Waals surface area (Å²) in [6.45, 7) is 4.10. The minimum absolute atomic E-state index is 0.114. The summed E-state index contributed by atoms with van der Waals surface area (Å²) in [6.07, 6.45) is 3.27. The quantitative estimate of drug-likeness (QED) is 0.382. The maximum absolute atomic E-state index is 12.7. The van der Waals surface area contributed by atoms with Crippen molar-refractivity contribution in [3.63, 3.8) is 0 Å². The molecular formula is C16H14Cl2N4OS. The van der Waals surface area contributed by atoms with E-state index >= 15 is 0 Å². The van der Waals surface area contributed by atoms with E-state index in [2.05, 4.69) is 16.5 Å². The molecule has 0 atom stereocenters. The minimum atomic E-state index is -0.114. The van der Waals surface area contributed by atoms with Crippen molar-refractivity contribution in [1.29, 1.82) is 0 Å². The number of nitrogens with zero attached hydrogens (tertiary/aromatic N) is 4. The predicted octanol–water partition coefficient (Wildman–Crippen LogP) is 3.92. The fourth-order valence-corrected chi connectivity index (χ4v) is 3.58. The molecule has 0 aliphatic carbocycles. The Morgan fingerprint density at radius 1 is 1.38 bits per heavy atom. The molecule has 1 aromatic carbocycles. The van der Waals surface area contributed by atoms with Crippen LogP contribution < -0.4 is 5.56 Å². The molecule has 2 heterocycles. The van der Waals surface area contributed by atoms with Gasteiger partial charge in [0.25, 0.3) is 5.56 Å². The molecule has 0 N–H and O–H groups in total. The van der Waals surface area contributed by atoms with Crippen LogP contribution in [-0.2, 0) is 19.3 Å². The summed E-state index contributed by atoms with van der Waals surface area (Å²) in [7, 11) is 1.84. The van der Waals surface area contributed by atoms with Crippen molar-refractivity contribution in [3.05, 3.63) is 63.4 Å². The fourth-order valence-electron chi connectivity index (χ4n) is 2.26. The third-order valence-corrected chi connectivity index (χ3v) is 5.11. The van der Waals surface area contributed by atoms with Crippen LogP contribution in [0.3, 0.4) is 0 Å². The Labute approximate surface area is 152 Å². The van der Waals surface area contributed by atoms with E-state index in [9.17, 15) is 4.79 Å². The van der Waals surface area contributed by atoms with E-state index in [1.54, 1.807) is 39.6 Å². The molecule has 0 saturated heterocycles. The van der Waals surface area contributed by atoms with Gasteiger partial charge >= 0.3 is 0 Å². The monoisotopic (exact) mass is 380 g/mol. The molecule has 0 amide bonds. The van der Waals surface area contributed by atoms with Crippen molar-refractivity contribution in [1.82, 2.24) is 19.1 Å². The third kappa shape index (κ3) is 3.22. The highest BCUT2D eigenvalue weighted by Crippen LogP contribution is 2.24. The van der Waals surface area contributed by atoms with Crippen LogP contribution in [-0.4, -0.2) is 19.1 Å². The Kier molecular flexibility index (Phi) is 4.99. The predicted molar refractivity (Wildman–Crippen MR) is 99.0 cm³/mol. The number of allylic oxidation sites excluding steroid dienone is 1. The largest absolute Gasteiger partial charge is 0.322 e. The molecule has 3 aromatic rings. The molecule has 0 radical (unpaired) electrons. The lowest BCUT2D eigenvalue weighted by atomic mass is 10.2. The zero-order valence-corrected chi connectivity index (χ0v) is 15.2. The molecule has 124 valence electrons. The smallest absolute Gasteiger partial charge is 0.262 e. The van der Waals surface area contributed by atoms with Gasteiger partial charge in [-0.1, -0.05) is 41.0 Å². The molecule has 0 aliphatic rings. The molecule has 8 heteroatoms. The molecular weight excluding hydrogens is 367 g/mol. The van der Waals surface area contributed by atoms with Gasteiger partial charge in [0.15, 0.2) is 5.16 Å². The molecule has 0 saturated carbocycles. The van der Waals surface area contributed by atoms with E-state index in [1.165, 1.54) is 11.8 Å². The van der Waals surface area contributed by atoms with E-state index in [0.29, 0.717) is 38.5 Å². The Morgan fingerprint density at radius 2 is 2.17 bits per heavy atom. The van der Waals surface area contributed by atoms with Crippen LogP contribution in [0.25, 0.3) is 10.9 Å². The number of imidazole rings is 1. The lowest BCUT2D eigenvalue weighted by molar-refractivity contribution is 0.671. The molecule has 24 heavy (non-hydrogen) atoms. The van der Waals surface area contributed by atoms with Crippen molar-refractivity contribution in [2.24, 2.45) is 7.05 Å². The highest BCUT2D eigenvalue weighted by atomic mass is 35.5. The second kappa shape index (κ2) is 7.01. The summed E-state index contributed by atoms with van der Waals surface area (Å²) in [5.41, 5.74) is 0.463. The van der Waals surface area contributed by atoms with Gasteiger partial charge in [-0.25, -0.2) is 9.97 Å². The van der Waals surface area contributed by atoms with E-state index < -0.39 is 0 Å². The van der Waals surface area contributed by atoms with E-state index in [-0.39, 0.29) is 5.56 Å². The van der Waals surface area contributed by atoms with Crippen molar-refractivity contribution in [2.45, 2.75) is 17.5 Å². The van der Waals surface area contributed by atoms with Crippen molar-refractivity contribution in [2.75, 3.05) is 0 Å². The van der Waals surface area contributed by atoms with Crippen LogP contribution in [0, 0.1) is 0 Å². The number of benzene rings is 1. The summed E-state index contributed by atoms with van der Waals surface area (Å²) >= 11 is 13.4. The van der Waals surface area contributed by atoms with Crippen molar-refractivity contribution < 1.29 is 0 Å². The van der Waals surface area contributed by atoms with E-state index in [0.717, 1.165) is 5.82 Å². The fraction of sp³-hybridized carbons (Fsp3) is 0.188. The second-order valence-corrected chi connectivity index (χ2v) is 6.87. The molecule has 3 rings (SSSR count). The summed E-state index contributed by atoms with van der Waals surface area (Å²) in [6, 6.07) is 5.08. The number of halogens is 2. The number of hydrogen-bond donors (Lipinski definition) is 0. The zero-order chi connectivity index (χ0) is 17.3. The molecule has 0 unspecified atom stereocenters. The average molecular weight is 381 g/mol. The van der Waals surface area contributed by atoms with Gasteiger partial charge in [-0.05, 0) is 18.2 Å². The number of rotatable bonds is 5. The van der Waals surface area contributed by atoms with Crippen molar-refractivity contribution >= 4 is 45.9 Å². The van der Waals surface area contributed by atoms with Crippen LogP contribution in [0.4, 0.5) is 0 Å². The lowest BCUT2D eigenvalue weighted by Crippen LogP contribution is -2.22. The summed E-state index contributed by atoms with van der Waals surface area (Å²) < 4.78 is 3.39. The van der Waals surface area contributed by atoms with Crippen LogP contribution in [0.15, 0.2) is 47.0 Å². The number of fused-ring (bicyclic) bond motifs is 1.